The topological polar surface area (TPSA) is 95.0 Å². The van der Waals surface area contributed by atoms with Gasteiger partial charge in [-0.15, -0.1) is 0 Å². The van der Waals surface area contributed by atoms with Crippen LogP contribution in [0.4, 0.5) is 0 Å². The highest BCUT2D eigenvalue weighted by molar-refractivity contribution is 5.70. The Bertz CT molecular complexity index is 982. The zero-order chi connectivity index (χ0) is 17.8. The number of imidazole rings is 1. The fourth-order valence-corrected chi connectivity index (χ4v) is 2.46. The van der Waals surface area contributed by atoms with E-state index in [2.05, 4.69) is 16.0 Å². The molecule has 0 aliphatic heterocycles. The number of aromatic nitrogens is 4. The van der Waals surface area contributed by atoms with Gasteiger partial charge in [0.1, 0.15) is 12.1 Å². The second-order valence-electron chi connectivity index (χ2n) is 5.44. The molecule has 2 heterocycles. The predicted octanol–water partition coefficient (Wildman–Crippen LogP) is 1.08. The lowest BCUT2D eigenvalue weighted by atomic mass is 10.1. The van der Waals surface area contributed by atoms with E-state index in [0.29, 0.717) is 36.5 Å². The fraction of sp³-hybridized carbons (Fsp3) is 0.294. The summed E-state index contributed by atoms with van der Waals surface area (Å²) < 4.78 is 13.4. The van der Waals surface area contributed by atoms with Crippen molar-refractivity contribution >= 4 is 11.2 Å². The molecule has 128 valence electrons. The zero-order valence-electron chi connectivity index (χ0n) is 14.0. The van der Waals surface area contributed by atoms with Crippen LogP contribution in [-0.4, -0.2) is 39.4 Å². The smallest absolute Gasteiger partial charge is 0.330 e. The summed E-state index contributed by atoms with van der Waals surface area (Å²) in [6.45, 7) is 1.10. The standard InChI is InChI=1S/C17H17N5O3/c1-21-14-10-19-16(25-8-7-24-2)20-15(14)22(17(21)23)11-13-5-3-12(9-18)4-6-13/h3-6,10H,7-8,11H2,1-2H3. The molecule has 0 unspecified atom stereocenters. The zero-order valence-corrected chi connectivity index (χ0v) is 14.0. The van der Waals surface area contributed by atoms with Crippen LogP contribution in [-0.2, 0) is 18.3 Å². The number of methoxy groups -OCH3 is 1. The minimum atomic E-state index is -0.192. The third-order valence-corrected chi connectivity index (χ3v) is 3.81. The van der Waals surface area contributed by atoms with E-state index in [1.807, 2.05) is 12.1 Å². The number of rotatable bonds is 6. The molecule has 25 heavy (non-hydrogen) atoms. The molecular weight excluding hydrogens is 322 g/mol. The van der Waals surface area contributed by atoms with Crippen LogP contribution < -0.4 is 10.4 Å². The van der Waals surface area contributed by atoms with Gasteiger partial charge in [-0.2, -0.15) is 10.2 Å². The van der Waals surface area contributed by atoms with E-state index in [1.165, 1.54) is 4.57 Å². The van der Waals surface area contributed by atoms with Crippen molar-refractivity contribution in [3.63, 3.8) is 0 Å². The van der Waals surface area contributed by atoms with Crippen molar-refractivity contribution in [2.45, 2.75) is 6.54 Å². The number of aryl methyl sites for hydroxylation is 1. The van der Waals surface area contributed by atoms with Crippen molar-refractivity contribution in [3.8, 4) is 12.1 Å². The molecule has 0 aliphatic rings. The summed E-state index contributed by atoms with van der Waals surface area (Å²) in [5.74, 6) is 0. The molecule has 0 bridgehead atoms. The van der Waals surface area contributed by atoms with E-state index in [0.717, 1.165) is 5.56 Å². The molecule has 0 saturated heterocycles. The average Bonchev–Trinajstić information content (AvgIpc) is 2.87. The van der Waals surface area contributed by atoms with Crippen molar-refractivity contribution in [3.05, 3.63) is 52.1 Å². The Morgan fingerprint density at radius 3 is 2.68 bits per heavy atom. The summed E-state index contributed by atoms with van der Waals surface area (Å²) in [4.78, 5) is 21.0. The van der Waals surface area contributed by atoms with Gasteiger partial charge in [0, 0.05) is 14.2 Å². The van der Waals surface area contributed by atoms with Crippen molar-refractivity contribution < 1.29 is 9.47 Å². The molecule has 8 nitrogen and oxygen atoms in total. The van der Waals surface area contributed by atoms with Crippen molar-refractivity contribution in [2.75, 3.05) is 20.3 Å². The van der Waals surface area contributed by atoms with Gasteiger partial charge in [0.25, 0.3) is 0 Å². The Kier molecular flexibility index (Phi) is 4.77. The van der Waals surface area contributed by atoms with Gasteiger partial charge >= 0.3 is 11.7 Å². The highest BCUT2D eigenvalue weighted by atomic mass is 16.5. The lowest BCUT2D eigenvalue weighted by Gasteiger charge is -2.05. The van der Waals surface area contributed by atoms with Gasteiger partial charge in [-0.05, 0) is 17.7 Å². The Balaban J connectivity index is 1.97. The minimum Gasteiger partial charge on any atom is -0.461 e. The van der Waals surface area contributed by atoms with Crippen LogP contribution in [0.1, 0.15) is 11.1 Å². The molecule has 8 heteroatoms. The number of nitrogens with zero attached hydrogens (tertiary/aromatic N) is 5. The lowest BCUT2D eigenvalue weighted by Crippen LogP contribution is -2.22. The number of nitriles is 1. The quantitative estimate of drug-likeness (QED) is 0.624. The molecule has 0 spiro atoms. The Morgan fingerprint density at radius 2 is 2.00 bits per heavy atom. The second kappa shape index (κ2) is 7.15. The highest BCUT2D eigenvalue weighted by Crippen LogP contribution is 2.14. The monoisotopic (exact) mass is 339 g/mol. The first-order valence-corrected chi connectivity index (χ1v) is 7.67. The third-order valence-electron chi connectivity index (χ3n) is 3.81. The van der Waals surface area contributed by atoms with Crippen LogP contribution in [0.5, 0.6) is 6.01 Å². The molecular formula is C17H17N5O3. The van der Waals surface area contributed by atoms with Crippen LogP contribution in [0.3, 0.4) is 0 Å². The second-order valence-corrected chi connectivity index (χ2v) is 5.44. The van der Waals surface area contributed by atoms with Crippen molar-refractivity contribution in [2.24, 2.45) is 7.05 Å². The van der Waals surface area contributed by atoms with Gasteiger partial charge in [0.05, 0.1) is 31.0 Å². The fourth-order valence-electron chi connectivity index (χ4n) is 2.46. The van der Waals surface area contributed by atoms with E-state index in [-0.39, 0.29) is 11.7 Å². The first-order chi connectivity index (χ1) is 12.1. The van der Waals surface area contributed by atoms with E-state index in [4.69, 9.17) is 14.7 Å². The van der Waals surface area contributed by atoms with E-state index in [9.17, 15) is 4.79 Å². The summed E-state index contributed by atoms with van der Waals surface area (Å²) in [6, 6.07) is 9.36. The van der Waals surface area contributed by atoms with E-state index >= 15 is 0 Å². The molecule has 3 aromatic rings. The summed E-state index contributed by atoms with van der Waals surface area (Å²) in [5, 5.41) is 8.88. The van der Waals surface area contributed by atoms with Crippen LogP contribution in [0.25, 0.3) is 11.2 Å². The molecule has 0 amide bonds. The molecule has 0 radical (unpaired) electrons. The van der Waals surface area contributed by atoms with Gasteiger partial charge in [-0.1, -0.05) is 12.1 Å². The SMILES string of the molecule is COCCOc1ncc2c(n1)n(Cc1ccc(C#N)cc1)c(=O)n2C. The number of hydrogen-bond acceptors (Lipinski definition) is 6. The molecule has 0 fully saturated rings. The number of fused-ring (bicyclic) bond motifs is 1. The Labute approximate surface area is 143 Å². The molecule has 1 aromatic carbocycles. The lowest BCUT2D eigenvalue weighted by molar-refractivity contribution is 0.141. The third kappa shape index (κ3) is 3.36. The normalized spacial score (nSPS) is 10.8. The minimum absolute atomic E-state index is 0.192. The number of hydrogen-bond donors (Lipinski definition) is 0. The maximum atomic E-state index is 12.5. The van der Waals surface area contributed by atoms with Crippen LogP contribution in [0.15, 0.2) is 35.3 Å². The summed E-state index contributed by atoms with van der Waals surface area (Å²) in [5.41, 5.74) is 2.40. The van der Waals surface area contributed by atoms with Crippen LogP contribution in [0, 0.1) is 11.3 Å². The van der Waals surface area contributed by atoms with Crippen LogP contribution >= 0.6 is 0 Å². The Hall–Kier alpha value is -3.18. The Morgan fingerprint density at radius 1 is 1.24 bits per heavy atom. The van der Waals surface area contributed by atoms with Gasteiger partial charge < -0.3 is 9.47 Å². The molecule has 0 saturated carbocycles. The van der Waals surface area contributed by atoms with Crippen LogP contribution in [0.2, 0.25) is 0 Å². The average molecular weight is 339 g/mol. The maximum absolute atomic E-state index is 12.5. The largest absolute Gasteiger partial charge is 0.461 e. The summed E-state index contributed by atoms with van der Waals surface area (Å²) in [7, 11) is 3.26. The molecule has 0 aliphatic carbocycles. The predicted molar refractivity (Wildman–Crippen MR) is 90.4 cm³/mol. The maximum Gasteiger partial charge on any atom is 0.330 e. The molecule has 2 aromatic heterocycles. The number of benzene rings is 1. The van der Waals surface area contributed by atoms with Crippen molar-refractivity contribution in [1.29, 1.82) is 5.26 Å². The molecule has 3 rings (SSSR count). The van der Waals surface area contributed by atoms with E-state index < -0.39 is 0 Å². The van der Waals surface area contributed by atoms with Crippen molar-refractivity contribution in [1.82, 2.24) is 19.1 Å². The van der Waals surface area contributed by atoms with Gasteiger partial charge in [0.2, 0.25) is 0 Å². The summed E-state index contributed by atoms with van der Waals surface area (Å²) in [6.07, 6.45) is 1.57. The molecule has 0 N–H and O–H groups in total. The first-order valence-electron chi connectivity index (χ1n) is 7.67. The first kappa shape index (κ1) is 16.7. The number of ether oxygens (including phenoxy) is 2. The van der Waals surface area contributed by atoms with Gasteiger partial charge in [0.15, 0.2) is 5.65 Å². The van der Waals surface area contributed by atoms with E-state index in [1.54, 1.807) is 37.1 Å². The van der Waals surface area contributed by atoms with Gasteiger partial charge in [-0.3, -0.25) is 9.13 Å². The van der Waals surface area contributed by atoms with Gasteiger partial charge in [-0.25, -0.2) is 9.78 Å². The highest BCUT2D eigenvalue weighted by Gasteiger charge is 2.14. The molecule has 0 atom stereocenters. The summed E-state index contributed by atoms with van der Waals surface area (Å²) >= 11 is 0.